The molecule has 0 fully saturated rings. The molecule has 0 aliphatic rings. The lowest BCUT2D eigenvalue weighted by molar-refractivity contribution is 0.201. The van der Waals surface area contributed by atoms with Crippen molar-refractivity contribution in [3.63, 3.8) is 0 Å². The van der Waals surface area contributed by atoms with Crippen LogP contribution in [0.5, 0.6) is 0 Å². The minimum absolute atomic E-state index is 0.382. The van der Waals surface area contributed by atoms with E-state index in [1.807, 2.05) is 0 Å². The Morgan fingerprint density at radius 1 is 1.08 bits per heavy atom. The Labute approximate surface area is 77.2 Å². The predicted molar refractivity (Wildman–Crippen MR) is 54.2 cm³/mol. The highest BCUT2D eigenvalue weighted by atomic mass is 16.3. The molecule has 1 unspecified atom stereocenters. The van der Waals surface area contributed by atoms with Crippen LogP contribution in [0, 0.1) is 11.8 Å². The molecular formula is C11H24O. The lowest BCUT2D eigenvalue weighted by Gasteiger charge is -2.14. The fourth-order valence-corrected chi connectivity index (χ4v) is 1.39. The van der Waals surface area contributed by atoms with Gasteiger partial charge >= 0.3 is 0 Å². The second-order valence-corrected chi connectivity index (χ2v) is 4.16. The third-order valence-corrected chi connectivity index (χ3v) is 2.38. The van der Waals surface area contributed by atoms with Crippen molar-refractivity contribution in [2.24, 2.45) is 11.8 Å². The Kier molecular flexibility index (Phi) is 7.58. The van der Waals surface area contributed by atoms with Crippen LogP contribution in [0.25, 0.3) is 0 Å². The Hall–Kier alpha value is -0.0400. The number of rotatable bonds is 7. The molecule has 0 bridgehead atoms. The predicted octanol–water partition coefficient (Wildman–Crippen LogP) is 3.22. The van der Waals surface area contributed by atoms with Crippen LogP contribution < -0.4 is 0 Å². The van der Waals surface area contributed by atoms with E-state index in [1.165, 1.54) is 32.1 Å². The van der Waals surface area contributed by atoms with E-state index < -0.39 is 0 Å². The topological polar surface area (TPSA) is 20.2 Å². The highest BCUT2D eigenvalue weighted by Gasteiger charge is 2.07. The molecule has 0 aromatic heterocycles. The van der Waals surface area contributed by atoms with Gasteiger partial charge < -0.3 is 5.11 Å². The van der Waals surface area contributed by atoms with Gasteiger partial charge in [-0.05, 0) is 24.7 Å². The average molecular weight is 172 g/mol. The summed E-state index contributed by atoms with van der Waals surface area (Å²) in [5.74, 6) is 1.34. The number of unbranched alkanes of at least 4 members (excludes halogenated alkanes) is 1. The normalized spacial score (nSPS) is 13.8. The SMILES string of the molecule is CCCCC(CO)CCC(C)C. The molecule has 0 saturated carbocycles. The molecule has 0 saturated heterocycles. The maximum Gasteiger partial charge on any atom is 0.0459 e. The van der Waals surface area contributed by atoms with Crippen molar-refractivity contribution in [1.29, 1.82) is 0 Å². The minimum Gasteiger partial charge on any atom is -0.396 e. The van der Waals surface area contributed by atoms with Crippen LogP contribution in [0.3, 0.4) is 0 Å². The van der Waals surface area contributed by atoms with Gasteiger partial charge in [0.25, 0.3) is 0 Å². The first-order valence-electron chi connectivity index (χ1n) is 5.31. The van der Waals surface area contributed by atoms with E-state index >= 15 is 0 Å². The average Bonchev–Trinajstić information content (AvgIpc) is 2.05. The summed E-state index contributed by atoms with van der Waals surface area (Å²) in [5.41, 5.74) is 0. The largest absolute Gasteiger partial charge is 0.396 e. The second-order valence-electron chi connectivity index (χ2n) is 4.16. The zero-order chi connectivity index (χ0) is 9.40. The zero-order valence-electron chi connectivity index (χ0n) is 8.84. The summed E-state index contributed by atoms with van der Waals surface area (Å²) in [6.07, 6.45) is 6.18. The van der Waals surface area contributed by atoms with Gasteiger partial charge in [0.15, 0.2) is 0 Å². The molecule has 0 rings (SSSR count). The van der Waals surface area contributed by atoms with Crippen molar-refractivity contribution in [3.05, 3.63) is 0 Å². The first kappa shape index (κ1) is 12.0. The minimum atomic E-state index is 0.382. The van der Waals surface area contributed by atoms with E-state index in [4.69, 9.17) is 5.11 Å². The van der Waals surface area contributed by atoms with Gasteiger partial charge in [-0.25, -0.2) is 0 Å². The molecule has 1 heteroatoms. The van der Waals surface area contributed by atoms with Gasteiger partial charge in [-0.2, -0.15) is 0 Å². The van der Waals surface area contributed by atoms with Crippen molar-refractivity contribution < 1.29 is 5.11 Å². The number of hydrogen-bond acceptors (Lipinski definition) is 1. The zero-order valence-corrected chi connectivity index (χ0v) is 8.84. The van der Waals surface area contributed by atoms with Gasteiger partial charge in [-0.3, -0.25) is 0 Å². The summed E-state index contributed by atoms with van der Waals surface area (Å²) < 4.78 is 0. The van der Waals surface area contributed by atoms with Crippen molar-refractivity contribution in [1.82, 2.24) is 0 Å². The van der Waals surface area contributed by atoms with E-state index in [-0.39, 0.29) is 0 Å². The van der Waals surface area contributed by atoms with Crippen LogP contribution in [0.4, 0.5) is 0 Å². The van der Waals surface area contributed by atoms with Crippen LogP contribution >= 0.6 is 0 Å². The number of aliphatic hydroxyl groups is 1. The summed E-state index contributed by atoms with van der Waals surface area (Å²) in [6.45, 7) is 7.08. The summed E-state index contributed by atoms with van der Waals surface area (Å²) in [5, 5.41) is 9.07. The van der Waals surface area contributed by atoms with Crippen molar-refractivity contribution in [2.45, 2.75) is 52.9 Å². The first-order chi connectivity index (χ1) is 5.70. The van der Waals surface area contributed by atoms with Gasteiger partial charge in [-0.1, -0.05) is 40.0 Å². The first-order valence-corrected chi connectivity index (χ1v) is 5.31. The monoisotopic (exact) mass is 172 g/mol. The standard InChI is InChI=1S/C11H24O/c1-4-5-6-11(9-12)8-7-10(2)3/h10-12H,4-9H2,1-3H3. The van der Waals surface area contributed by atoms with Crippen molar-refractivity contribution in [2.75, 3.05) is 6.61 Å². The Balaban J connectivity index is 3.39. The van der Waals surface area contributed by atoms with Crippen LogP contribution in [0.1, 0.15) is 52.9 Å². The molecule has 12 heavy (non-hydrogen) atoms. The van der Waals surface area contributed by atoms with E-state index in [1.54, 1.807) is 0 Å². The molecule has 0 aromatic carbocycles. The second kappa shape index (κ2) is 7.60. The number of hydrogen-bond donors (Lipinski definition) is 1. The fraction of sp³-hybridized carbons (Fsp3) is 1.00. The van der Waals surface area contributed by atoms with E-state index in [0.29, 0.717) is 12.5 Å². The smallest absolute Gasteiger partial charge is 0.0459 e. The third kappa shape index (κ3) is 6.66. The summed E-state index contributed by atoms with van der Waals surface area (Å²) in [6, 6.07) is 0. The van der Waals surface area contributed by atoms with Gasteiger partial charge in [0, 0.05) is 6.61 Å². The van der Waals surface area contributed by atoms with Crippen LogP contribution in [-0.2, 0) is 0 Å². The van der Waals surface area contributed by atoms with Crippen LogP contribution in [-0.4, -0.2) is 11.7 Å². The maximum absolute atomic E-state index is 9.07. The Bertz CT molecular complexity index is 89.0. The summed E-state index contributed by atoms with van der Waals surface area (Å²) in [4.78, 5) is 0. The van der Waals surface area contributed by atoms with Crippen molar-refractivity contribution >= 4 is 0 Å². The molecule has 1 N–H and O–H groups in total. The van der Waals surface area contributed by atoms with Gasteiger partial charge in [0.05, 0.1) is 0 Å². The maximum atomic E-state index is 9.07. The molecule has 1 atom stereocenters. The van der Waals surface area contributed by atoms with Crippen molar-refractivity contribution in [3.8, 4) is 0 Å². The van der Waals surface area contributed by atoms with E-state index in [0.717, 1.165) is 5.92 Å². The van der Waals surface area contributed by atoms with Gasteiger partial charge in [-0.15, -0.1) is 0 Å². The Morgan fingerprint density at radius 2 is 1.75 bits per heavy atom. The summed E-state index contributed by atoms with van der Waals surface area (Å²) >= 11 is 0. The van der Waals surface area contributed by atoms with E-state index in [9.17, 15) is 0 Å². The lowest BCUT2D eigenvalue weighted by Crippen LogP contribution is -2.07. The molecule has 0 aromatic rings. The highest BCUT2D eigenvalue weighted by molar-refractivity contribution is 4.59. The molecule has 74 valence electrons. The van der Waals surface area contributed by atoms with Crippen LogP contribution in [0.15, 0.2) is 0 Å². The summed E-state index contributed by atoms with van der Waals surface area (Å²) in [7, 11) is 0. The molecule has 0 aliphatic heterocycles. The third-order valence-electron chi connectivity index (χ3n) is 2.38. The highest BCUT2D eigenvalue weighted by Crippen LogP contribution is 2.17. The Morgan fingerprint density at radius 3 is 2.17 bits per heavy atom. The lowest BCUT2D eigenvalue weighted by atomic mass is 9.94. The van der Waals surface area contributed by atoms with Crippen LogP contribution in [0.2, 0.25) is 0 Å². The van der Waals surface area contributed by atoms with Gasteiger partial charge in [0.1, 0.15) is 0 Å². The fourth-order valence-electron chi connectivity index (χ4n) is 1.39. The molecule has 0 radical (unpaired) electrons. The molecule has 0 heterocycles. The number of aliphatic hydroxyl groups excluding tert-OH is 1. The molecular weight excluding hydrogens is 148 g/mol. The molecule has 0 amide bonds. The molecule has 0 aliphatic carbocycles. The quantitative estimate of drug-likeness (QED) is 0.625. The molecule has 1 nitrogen and oxygen atoms in total. The molecule has 0 spiro atoms. The van der Waals surface area contributed by atoms with E-state index in [2.05, 4.69) is 20.8 Å². The van der Waals surface area contributed by atoms with Gasteiger partial charge in [0.2, 0.25) is 0 Å².